The Morgan fingerprint density at radius 3 is 2.92 bits per heavy atom. The smallest absolute Gasteiger partial charge is 0.255 e. The minimum atomic E-state index is -0.994. The van der Waals surface area contributed by atoms with E-state index in [1.54, 1.807) is 6.07 Å². The summed E-state index contributed by atoms with van der Waals surface area (Å²) >= 11 is 5.95. The molecule has 2 aromatic carbocycles. The van der Waals surface area contributed by atoms with Gasteiger partial charge in [-0.1, -0.05) is 29.8 Å². The van der Waals surface area contributed by atoms with Crippen molar-refractivity contribution in [2.24, 2.45) is 0 Å². The highest BCUT2D eigenvalue weighted by Crippen LogP contribution is 2.46. The van der Waals surface area contributed by atoms with Gasteiger partial charge in [-0.3, -0.25) is 10.1 Å². The van der Waals surface area contributed by atoms with Crippen LogP contribution in [-0.2, 0) is 16.8 Å². The molecule has 3 heterocycles. The van der Waals surface area contributed by atoms with Crippen molar-refractivity contribution in [3.05, 3.63) is 64.1 Å². The van der Waals surface area contributed by atoms with Gasteiger partial charge >= 0.3 is 0 Å². The molecule has 2 atom stereocenters. The Kier molecular flexibility index (Phi) is 2.89. The number of aromatic amines is 1. The van der Waals surface area contributed by atoms with Gasteiger partial charge < -0.3 is 10.3 Å². The van der Waals surface area contributed by atoms with Crippen molar-refractivity contribution >= 4 is 34.1 Å². The molecule has 6 heteroatoms. The second kappa shape index (κ2) is 4.84. The maximum atomic E-state index is 14.0. The lowest BCUT2D eigenvalue weighted by Crippen LogP contribution is -2.56. The van der Waals surface area contributed by atoms with Crippen LogP contribution in [-0.4, -0.2) is 16.9 Å². The number of carbonyl (C=O) groups is 1. The minimum Gasteiger partial charge on any atom is -0.356 e. The number of amides is 1. The van der Waals surface area contributed by atoms with Crippen LogP contribution in [0.4, 0.5) is 10.1 Å². The van der Waals surface area contributed by atoms with Crippen molar-refractivity contribution in [1.29, 1.82) is 0 Å². The Labute approximate surface area is 148 Å². The van der Waals surface area contributed by atoms with Crippen LogP contribution < -0.4 is 10.6 Å². The number of hydrogen-bond donors (Lipinski definition) is 3. The topological polar surface area (TPSA) is 56.9 Å². The summed E-state index contributed by atoms with van der Waals surface area (Å²) in [7, 11) is 0. The van der Waals surface area contributed by atoms with Crippen LogP contribution in [0, 0.1) is 5.82 Å². The van der Waals surface area contributed by atoms with Gasteiger partial charge in [0, 0.05) is 28.2 Å². The van der Waals surface area contributed by atoms with E-state index in [9.17, 15) is 9.18 Å². The molecular formula is C19H15ClFN3O. The SMILES string of the molecule is C[C@H]1Cc2c([nH]c3cc(Cl)c(F)cc23)[C@@]2(N1)C(=O)Nc1ccccc12. The fraction of sp³-hybridized carbons (Fsp3) is 0.211. The fourth-order valence-corrected chi connectivity index (χ4v) is 4.39. The molecule has 5 rings (SSSR count). The lowest BCUT2D eigenvalue weighted by molar-refractivity contribution is -0.121. The van der Waals surface area contributed by atoms with Gasteiger partial charge in [0.25, 0.3) is 5.91 Å². The summed E-state index contributed by atoms with van der Waals surface area (Å²) < 4.78 is 14.0. The Morgan fingerprint density at radius 1 is 1.28 bits per heavy atom. The molecule has 3 N–H and O–H groups in total. The molecule has 0 fully saturated rings. The van der Waals surface area contributed by atoms with Crippen molar-refractivity contribution in [1.82, 2.24) is 10.3 Å². The summed E-state index contributed by atoms with van der Waals surface area (Å²) in [6.07, 6.45) is 0.702. The fourth-order valence-electron chi connectivity index (χ4n) is 4.22. The summed E-state index contributed by atoms with van der Waals surface area (Å²) in [6.45, 7) is 2.03. The molecule has 0 saturated carbocycles. The molecule has 0 unspecified atom stereocenters. The third kappa shape index (κ3) is 1.82. The zero-order valence-electron chi connectivity index (χ0n) is 13.4. The predicted octanol–water partition coefficient (Wildman–Crippen LogP) is 3.69. The molecular weight excluding hydrogens is 341 g/mol. The average Bonchev–Trinajstić information content (AvgIpc) is 3.05. The van der Waals surface area contributed by atoms with Crippen LogP contribution in [0.25, 0.3) is 10.9 Å². The van der Waals surface area contributed by atoms with Crippen molar-refractivity contribution in [3.63, 3.8) is 0 Å². The quantitative estimate of drug-likeness (QED) is 0.576. The van der Waals surface area contributed by atoms with Crippen LogP contribution in [0.1, 0.15) is 23.7 Å². The number of benzene rings is 2. The Balaban J connectivity index is 1.87. The van der Waals surface area contributed by atoms with E-state index in [2.05, 4.69) is 15.6 Å². The summed E-state index contributed by atoms with van der Waals surface area (Å²) in [4.78, 5) is 16.4. The molecule has 1 amide bonds. The van der Waals surface area contributed by atoms with Crippen LogP contribution >= 0.6 is 11.6 Å². The largest absolute Gasteiger partial charge is 0.356 e. The standard InChI is InChI=1S/C19H15ClFN3O/c1-9-6-11-10-7-14(21)13(20)8-16(10)22-17(11)19(24-9)12-4-2-3-5-15(12)23-18(19)25/h2-5,7-9,22,24H,6H2,1H3,(H,23,25)/t9-,19+/m0/s1. The van der Waals surface area contributed by atoms with E-state index in [-0.39, 0.29) is 17.0 Å². The number of para-hydroxylation sites is 1. The molecule has 3 aromatic rings. The van der Waals surface area contributed by atoms with Crippen LogP contribution in [0.3, 0.4) is 0 Å². The van der Waals surface area contributed by atoms with E-state index >= 15 is 0 Å². The zero-order chi connectivity index (χ0) is 17.3. The van der Waals surface area contributed by atoms with Gasteiger partial charge in [0.1, 0.15) is 5.82 Å². The number of anilines is 1. The summed E-state index contributed by atoms with van der Waals surface area (Å²) in [5.74, 6) is -0.577. The van der Waals surface area contributed by atoms with E-state index in [1.807, 2.05) is 31.2 Å². The van der Waals surface area contributed by atoms with Crippen molar-refractivity contribution in [2.45, 2.75) is 24.9 Å². The molecule has 2 aliphatic heterocycles. The number of nitrogens with one attached hydrogen (secondary N) is 3. The number of aromatic nitrogens is 1. The minimum absolute atomic E-state index is 0.0575. The maximum absolute atomic E-state index is 14.0. The molecule has 0 radical (unpaired) electrons. The van der Waals surface area contributed by atoms with E-state index in [1.165, 1.54) is 6.07 Å². The number of halogens is 2. The Morgan fingerprint density at radius 2 is 2.08 bits per heavy atom. The molecule has 0 aliphatic carbocycles. The second-order valence-electron chi connectivity index (χ2n) is 6.79. The number of H-pyrrole nitrogens is 1. The van der Waals surface area contributed by atoms with Gasteiger partial charge in [0.2, 0.25) is 0 Å². The highest BCUT2D eigenvalue weighted by Gasteiger charge is 2.53. The highest BCUT2D eigenvalue weighted by atomic mass is 35.5. The summed E-state index contributed by atoms with van der Waals surface area (Å²) in [5, 5.41) is 7.29. The summed E-state index contributed by atoms with van der Waals surface area (Å²) in [5.41, 5.74) is 3.15. The first-order valence-electron chi connectivity index (χ1n) is 8.19. The van der Waals surface area contributed by atoms with E-state index in [4.69, 9.17) is 11.6 Å². The molecule has 1 aromatic heterocycles. The van der Waals surface area contributed by atoms with Crippen molar-refractivity contribution in [3.8, 4) is 0 Å². The zero-order valence-corrected chi connectivity index (χ0v) is 14.2. The number of hydrogen-bond acceptors (Lipinski definition) is 2. The van der Waals surface area contributed by atoms with Gasteiger partial charge in [0.15, 0.2) is 5.54 Å². The first-order valence-corrected chi connectivity index (χ1v) is 8.57. The third-order valence-corrected chi connectivity index (χ3v) is 5.50. The van der Waals surface area contributed by atoms with Gasteiger partial charge in [-0.2, -0.15) is 0 Å². The normalized spacial score (nSPS) is 24.4. The van der Waals surface area contributed by atoms with Crippen molar-refractivity contribution in [2.75, 3.05) is 5.32 Å². The van der Waals surface area contributed by atoms with Crippen LogP contribution in [0.2, 0.25) is 5.02 Å². The lowest BCUT2D eigenvalue weighted by atomic mass is 9.80. The first-order chi connectivity index (χ1) is 12.0. The van der Waals surface area contributed by atoms with Crippen LogP contribution in [0.15, 0.2) is 36.4 Å². The first kappa shape index (κ1) is 14.9. The predicted molar refractivity (Wildman–Crippen MR) is 95.4 cm³/mol. The maximum Gasteiger partial charge on any atom is 0.255 e. The third-order valence-electron chi connectivity index (χ3n) is 5.22. The van der Waals surface area contributed by atoms with Gasteiger partial charge in [-0.25, -0.2) is 4.39 Å². The van der Waals surface area contributed by atoms with E-state index < -0.39 is 11.4 Å². The Hall–Kier alpha value is -2.37. The second-order valence-corrected chi connectivity index (χ2v) is 7.20. The highest BCUT2D eigenvalue weighted by molar-refractivity contribution is 6.31. The molecule has 0 saturated heterocycles. The average molecular weight is 356 g/mol. The van der Waals surface area contributed by atoms with Crippen molar-refractivity contribution < 1.29 is 9.18 Å². The van der Waals surface area contributed by atoms with E-state index in [0.29, 0.717) is 6.42 Å². The number of rotatable bonds is 0. The molecule has 4 nitrogen and oxygen atoms in total. The summed E-state index contributed by atoms with van der Waals surface area (Å²) in [6, 6.07) is 10.7. The van der Waals surface area contributed by atoms with Crippen LogP contribution in [0.5, 0.6) is 0 Å². The molecule has 25 heavy (non-hydrogen) atoms. The lowest BCUT2D eigenvalue weighted by Gasteiger charge is -2.37. The molecule has 0 bridgehead atoms. The Bertz CT molecular complexity index is 1060. The number of carbonyl (C=O) groups excluding carboxylic acids is 1. The van der Waals surface area contributed by atoms with Gasteiger partial charge in [0.05, 0.1) is 10.7 Å². The van der Waals surface area contributed by atoms with E-state index in [0.717, 1.165) is 33.4 Å². The number of fused-ring (bicyclic) bond motifs is 6. The van der Waals surface area contributed by atoms with Gasteiger partial charge in [-0.15, -0.1) is 0 Å². The van der Waals surface area contributed by atoms with Gasteiger partial charge in [-0.05, 0) is 37.1 Å². The molecule has 126 valence electrons. The monoisotopic (exact) mass is 355 g/mol. The molecule has 1 spiro atoms. The molecule has 2 aliphatic rings.